The molecule has 162 valence electrons. The summed E-state index contributed by atoms with van der Waals surface area (Å²) in [6.45, 7) is 4.64. The van der Waals surface area contributed by atoms with Crippen molar-refractivity contribution in [1.29, 1.82) is 0 Å². The minimum Gasteiger partial charge on any atom is -0.352 e. The molecule has 1 aliphatic carbocycles. The smallest absolute Gasteiger partial charge is 0.249 e. The number of benzene rings is 1. The first-order valence-corrected chi connectivity index (χ1v) is 11.7. The molecule has 5 heteroatoms. The molecule has 4 rings (SSSR count). The number of likely N-dealkylation sites (tertiary alicyclic amines) is 2. The van der Waals surface area contributed by atoms with Crippen molar-refractivity contribution in [3.63, 3.8) is 0 Å². The van der Waals surface area contributed by atoms with E-state index in [2.05, 4.69) is 40.6 Å². The molecular weight excluding hydrogens is 374 g/mol. The third-order valence-electron chi connectivity index (χ3n) is 6.88. The van der Waals surface area contributed by atoms with Gasteiger partial charge < -0.3 is 10.2 Å². The van der Waals surface area contributed by atoms with Crippen LogP contribution in [0.15, 0.2) is 42.0 Å². The summed E-state index contributed by atoms with van der Waals surface area (Å²) in [4.78, 5) is 29.4. The molecule has 5 nitrogen and oxygen atoms in total. The van der Waals surface area contributed by atoms with E-state index in [4.69, 9.17) is 0 Å². The van der Waals surface area contributed by atoms with Crippen molar-refractivity contribution in [2.45, 2.75) is 64.0 Å². The zero-order valence-electron chi connectivity index (χ0n) is 18.0. The molecule has 2 heterocycles. The molecule has 0 bridgehead atoms. The number of allylic oxidation sites excluding steroid dienone is 1. The highest BCUT2D eigenvalue weighted by atomic mass is 16.2. The van der Waals surface area contributed by atoms with E-state index in [0.29, 0.717) is 12.3 Å². The van der Waals surface area contributed by atoms with Crippen molar-refractivity contribution in [2.24, 2.45) is 5.92 Å². The van der Waals surface area contributed by atoms with Gasteiger partial charge in [-0.3, -0.25) is 14.5 Å². The lowest BCUT2D eigenvalue weighted by atomic mass is 9.91. The minimum absolute atomic E-state index is 0.191. The number of hydrogen-bond acceptors (Lipinski definition) is 3. The van der Waals surface area contributed by atoms with Crippen molar-refractivity contribution in [1.82, 2.24) is 15.1 Å². The van der Waals surface area contributed by atoms with Crippen LogP contribution in [0.1, 0.15) is 56.9 Å². The average molecular weight is 410 g/mol. The van der Waals surface area contributed by atoms with Gasteiger partial charge in [0.1, 0.15) is 0 Å². The molecule has 2 aliphatic heterocycles. The zero-order valence-corrected chi connectivity index (χ0v) is 18.0. The minimum atomic E-state index is 0.191. The number of piperidine rings is 1. The second kappa shape index (κ2) is 10.3. The number of carbonyl (C=O) groups is 2. The van der Waals surface area contributed by atoms with Crippen LogP contribution in [0.2, 0.25) is 0 Å². The Morgan fingerprint density at radius 1 is 1.03 bits per heavy atom. The van der Waals surface area contributed by atoms with Gasteiger partial charge in [0.2, 0.25) is 11.8 Å². The molecule has 1 aromatic carbocycles. The van der Waals surface area contributed by atoms with Crippen LogP contribution < -0.4 is 5.32 Å². The predicted molar refractivity (Wildman–Crippen MR) is 119 cm³/mol. The quantitative estimate of drug-likeness (QED) is 0.750. The fraction of sp³-hybridized carbons (Fsp3) is 0.600. The fourth-order valence-electron chi connectivity index (χ4n) is 5.06. The topological polar surface area (TPSA) is 52.7 Å². The van der Waals surface area contributed by atoms with Crippen LogP contribution in [-0.4, -0.2) is 53.8 Å². The molecule has 30 heavy (non-hydrogen) atoms. The number of nitrogens with zero attached hydrogens (tertiary/aromatic N) is 2. The van der Waals surface area contributed by atoms with Gasteiger partial charge >= 0.3 is 0 Å². The van der Waals surface area contributed by atoms with Gasteiger partial charge in [-0.15, -0.1) is 0 Å². The van der Waals surface area contributed by atoms with Crippen LogP contribution in [0.4, 0.5) is 0 Å². The molecule has 1 atom stereocenters. The zero-order chi connectivity index (χ0) is 20.8. The Balaban J connectivity index is 1.12. The van der Waals surface area contributed by atoms with Gasteiger partial charge in [0.15, 0.2) is 0 Å². The number of amides is 2. The summed E-state index contributed by atoms with van der Waals surface area (Å²) in [6, 6.07) is 10.8. The lowest BCUT2D eigenvalue weighted by Gasteiger charge is -2.32. The predicted octanol–water partition coefficient (Wildman–Crippen LogP) is 3.51. The highest BCUT2D eigenvalue weighted by molar-refractivity contribution is 5.93. The molecule has 1 N–H and O–H groups in total. The summed E-state index contributed by atoms with van der Waals surface area (Å²) in [5.74, 6) is 1.01. The van der Waals surface area contributed by atoms with E-state index < -0.39 is 0 Å². The summed E-state index contributed by atoms with van der Waals surface area (Å²) in [7, 11) is 0. The number of hydrogen-bond donors (Lipinski definition) is 1. The first-order chi connectivity index (χ1) is 14.7. The SMILES string of the molecule is O=C(CCC1CCN(C(=O)C2=CCCC2)CC1)N[C@H]1CCN(Cc2ccccc2)C1. The number of nitrogens with one attached hydrogen (secondary N) is 1. The summed E-state index contributed by atoms with van der Waals surface area (Å²) in [5.41, 5.74) is 2.35. The molecule has 1 aromatic rings. The molecular formula is C25H35N3O2. The lowest BCUT2D eigenvalue weighted by molar-refractivity contribution is -0.129. The summed E-state index contributed by atoms with van der Waals surface area (Å²) >= 11 is 0. The first kappa shape index (κ1) is 21.1. The lowest BCUT2D eigenvalue weighted by Crippen LogP contribution is -2.40. The highest BCUT2D eigenvalue weighted by Crippen LogP contribution is 2.26. The van der Waals surface area contributed by atoms with E-state index in [9.17, 15) is 9.59 Å². The Labute approximate surface area is 180 Å². The second-order valence-electron chi connectivity index (χ2n) is 9.17. The molecule has 0 unspecified atom stereocenters. The normalized spacial score (nSPS) is 22.9. The maximum absolute atomic E-state index is 12.5. The third-order valence-corrected chi connectivity index (χ3v) is 6.88. The maximum Gasteiger partial charge on any atom is 0.249 e. The maximum atomic E-state index is 12.5. The Hall–Kier alpha value is -2.14. The standard InChI is InChI=1S/C25H35N3O2/c29-24(26-23-14-15-27(19-23)18-21-6-2-1-3-7-21)11-10-20-12-16-28(17-13-20)25(30)22-8-4-5-9-22/h1-3,6-8,20,23H,4-5,9-19H2,(H,26,29)/t23-/m0/s1. The molecule has 2 amide bonds. The summed E-state index contributed by atoms with van der Waals surface area (Å²) in [5, 5.41) is 3.25. The second-order valence-corrected chi connectivity index (χ2v) is 9.17. The van der Waals surface area contributed by atoms with Gasteiger partial charge in [0.25, 0.3) is 0 Å². The highest BCUT2D eigenvalue weighted by Gasteiger charge is 2.27. The van der Waals surface area contributed by atoms with Crippen LogP contribution in [-0.2, 0) is 16.1 Å². The molecule has 0 spiro atoms. The van der Waals surface area contributed by atoms with E-state index in [1.54, 1.807) is 0 Å². The Bertz CT molecular complexity index is 753. The van der Waals surface area contributed by atoms with Crippen molar-refractivity contribution in [3.05, 3.63) is 47.5 Å². The van der Waals surface area contributed by atoms with Gasteiger partial charge in [-0.1, -0.05) is 36.4 Å². The Kier molecular flexibility index (Phi) is 7.21. The van der Waals surface area contributed by atoms with Crippen LogP contribution >= 0.6 is 0 Å². The van der Waals surface area contributed by atoms with Crippen LogP contribution in [0, 0.1) is 5.92 Å². The van der Waals surface area contributed by atoms with Gasteiger partial charge in [0.05, 0.1) is 0 Å². The Morgan fingerprint density at radius 3 is 2.57 bits per heavy atom. The number of carbonyl (C=O) groups excluding carboxylic acids is 2. The van der Waals surface area contributed by atoms with Gasteiger partial charge in [-0.25, -0.2) is 0 Å². The number of rotatable bonds is 7. The van der Waals surface area contributed by atoms with Crippen molar-refractivity contribution in [2.75, 3.05) is 26.2 Å². The summed E-state index contributed by atoms with van der Waals surface area (Å²) in [6.07, 6.45) is 9.88. The molecule has 2 saturated heterocycles. The van der Waals surface area contributed by atoms with Crippen LogP contribution in [0.25, 0.3) is 0 Å². The first-order valence-electron chi connectivity index (χ1n) is 11.7. The molecule has 0 aromatic heterocycles. The average Bonchev–Trinajstić information content (AvgIpc) is 3.45. The summed E-state index contributed by atoms with van der Waals surface area (Å²) < 4.78 is 0. The van der Waals surface area contributed by atoms with Crippen LogP contribution in [0.3, 0.4) is 0 Å². The Morgan fingerprint density at radius 2 is 1.83 bits per heavy atom. The largest absolute Gasteiger partial charge is 0.352 e. The van der Waals surface area contributed by atoms with E-state index in [0.717, 1.165) is 83.2 Å². The molecule has 0 saturated carbocycles. The van der Waals surface area contributed by atoms with E-state index in [1.165, 1.54) is 5.56 Å². The van der Waals surface area contributed by atoms with E-state index in [1.807, 2.05) is 11.0 Å². The molecule has 2 fully saturated rings. The van der Waals surface area contributed by atoms with Crippen molar-refractivity contribution in [3.8, 4) is 0 Å². The van der Waals surface area contributed by atoms with E-state index >= 15 is 0 Å². The van der Waals surface area contributed by atoms with Gasteiger partial charge in [-0.05, 0) is 56.4 Å². The third kappa shape index (κ3) is 5.72. The molecule has 3 aliphatic rings. The van der Waals surface area contributed by atoms with Gasteiger partial charge in [-0.2, -0.15) is 0 Å². The van der Waals surface area contributed by atoms with Crippen molar-refractivity contribution >= 4 is 11.8 Å². The molecule has 0 radical (unpaired) electrons. The monoisotopic (exact) mass is 409 g/mol. The van der Waals surface area contributed by atoms with E-state index in [-0.39, 0.29) is 17.9 Å². The van der Waals surface area contributed by atoms with Crippen molar-refractivity contribution < 1.29 is 9.59 Å². The van der Waals surface area contributed by atoms with Crippen LogP contribution in [0.5, 0.6) is 0 Å². The fourth-order valence-corrected chi connectivity index (χ4v) is 5.06. The van der Waals surface area contributed by atoms with Gasteiger partial charge in [0, 0.05) is 50.8 Å².